The second kappa shape index (κ2) is 10.3. The highest BCUT2D eigenvalue weighted by Crippen LogP contribution is 2.31. The van der Waals surface area contributed by atoms with E-state index in [4.69, 9.17) is 17.0 Å². The number of amides is 1. The van der Waals surface area contributed by atoms with Crippen LogP contribution in [0.1, 0.15) is 35.8 Å². The molecule has 0 unspecified atom stereocenters. The van der Waals surface area contributed by atoms with E-state index in [0.29, 0.717) is 53.0 Å². The molecule has 2 N–H and O–H groups in total. The zero-order valence-corrected chi connectivity index (χ0v) is 18.9. The van der Waals surface area contributed by atoms with E-state index < -0.39 is 0 Å². The van der Waals surface area contributed by atoms with Gasteiger partial charge in [-0.2, -0.15) is 5.10 Å². The molecule has 0 spiro atoms. The molecular weight excluding hydrogens is 434 g/mol. The molecule has 2 aromatic heterocycles. The van der Waals surface area contributed by atoms with Crippen molar-refractivity contribution in [3.8, 4) is 16.5 Å². The van der Waals surface area contributed by atoms with Gasteiger partial charge in [0.2, 0.25) is 5.91 Å². The molecule has 0 aliphatic rings. The fourth-order valence-corrected chi connectivity index (χ4v) is 4.03. The third-order valence-electron chi connectivity index (χ3n) is 4.39. The number of Topliss-reactive ketones (excluding diaryl/α,β-unsaturated/α-hetero) is 1. The normalized spacial score (nSPS) is 10.6. The SMILES string of the molecule is C=CCn1c(-c2sc(NC(=O)CCCOc3ccc(C(C)=O)cc3)nc2C)n[nH]c1=S. The highest BCUT2D eigenvalue weighted by atomic mass is 32.1. The van der Waals surface area contributed by atoms with Crippen LogP contribution in [0.5, 0.6) is 5.75 Å². The first-order chi connectivity index (χ1) is 14.9. The first-order valence-corrected chi connectivity index (χ1v) is 10.9. The van der Waals surface area contributed by atoms with Gasteiger partial charge in [-0.05, 0) is 56.8 Å². The number of carbonyl (C=O) groups excluding carboxylic acids is 2. The summed E-state index contributed by atoms with van der Waals surface area (Å²) in [7, 11) is 0. The molecule has 3 aromatic rings. The average molecular weight is 458 g/mol. The summed E-state index contributed by atoms with van der Waals surface area (Å²) >= 11 is 6.60. The lowest BCUT2D eigenvalue weighted by atomic mass is 10.1. The number of allylic oxidation sites excluding steroid dienone is 1. The Balaban J connectivity index is 1.52. The number of ketones is 1. The largest absolute Gasteiger partial charge is 0.494 e. The first-order valence-electron chi connectivity index (χ1n) is 9.66. The minimum absolute atomic E-state index is 0.0104. The molecule has 0 saturated heterocycles. The molecule has 1 amide bonds. The second-order valence-corrected chi connectivity index (χ2v) is 8.15. The van der Waals surface area contributed by atoms with E-state index in [1.807, 2.05) is 11.5 Å². The fraction of sp³-hybridized carbons (Fsp3) is 0.286. The Labute approximate surface area is 189 Å². The fourth-order valence-electron chi connectivity index (χ4n) is 2.84. The van der Waals surface area contributed by atoms with Crippen LogP contribution in [-0.4, -0.2) is 38.0 Å². The predicted octanol–water partition coefficient (Wildman–Crippen LogP) is 4.56. The van der Waals surface area contributed by atoms with E-state index in [1.165, 1.54) is 18.3 Å². The number of nitrogens with one attached hydrogen (secondary N) is 2. The number of hydrogen-bond acceptors (Lipinski definition) is 7. The summed E-state index contributed by atoms with van der Waals surface area (Å²) in [5, 5.41) is 10.4. The number of anilines is 1. The van der Waals surface area contributed by atoms with Crippen LogP contribution in [0.3, 0.4) is 0 Å². The topological polar surface area (TPSA) is 102 Å². The Morgan fingerprint density at radius 1 is 1.35 bits per heavy atom. The van der Waals surface area contributed by atoms with Gasteiger partial charge in [-0.3, -0.25) is 19.3 Å². The molecule has 162 valence electrons. The maximum absolute atomic E-state index is 12.3. The van der Waals surface area contributed by atoms with Crippen LogP contribution >= 0.6 is 23.6 Å². The molecule has 0 atom stereocenters. The van der Waals surface area contributed by atoms with Gasteiger partial charge in [-0.25, -0.2) is 4.98 Å². The number of aromatic nitrogens is 4. The molecule has 0 aliphatic heterocycles. The lowest BCUT2D eigenvalue weighted by molar-refractivity contribution is -0.116. The Bertz CT molecular complexity index is 1140. The highest BCUT2D eigenvalue weighted by molar-refractivity contribution is 7.71. The third kappa shape index (κ3) is 5.74. The highest BCUT2D eigenvalue weighted by Gasteiger charge is 2.17. The van der Waals surface area contributed by atoms with Crippen molar-refractivity contribution in [1.82, 2.24) is 19.7 Å². The van der Waals surface area contributed by atoms with Crippen LogP contribution in [0.4, 0.5) is 5.13 Å². The van der Waals surface area contributed by atoms with Crippen LogP contribution in [-0.2, 0) is 11.3 Å². The summed E-state index contributed by atoms with van der Waals surface area (Å²) in [5.41, 5.74) is 1.40. The van der Waals surface area contributed by atoms with Crippen molar-refractivity contribution in [2.45, 2.75) is 33.2 Å². The number of nitrogens with zero attached hydrogens (tertiary/aromatic N) is 3. The number of aromatic amines is 1. The van der Waals surface area contributed by atoms with Gasteiger partial charge in [-0.15, -0.1) is 6.58 Å². The molecular formula is C21H23N5O3S2. The van der Waals surface area contributed by atoms with Crippen LogP contribution in [0, 0.1) is 11.7 Å². The molecule has 31 heavy (non-hydrogen) atoms. The lowest BCUT2D eigenvalue weighted by Gasteiger charge is -2.06. The van der Waals surface area contributed by atoms with Crippen molar-refractivity contribution in [2.75, 3.05) is 11.9 Å². The van der Waals surface area contributed by atoms with Crippen molar-refractivity contribution in [1.29, 1.82) is 0 Å². The zero-order valence-electron chi connectivity index (χ0n) is 17.3. The summed E-state index contributed by atoms with van der Waals surface area (Å²) in [6, 6.07) is 6.94. The van der Waals surface area contributed by atoms with E-state index >= 15 is 0 Å². The molecule has 0 bridgehead atoms. The Kier molecular flexibility index (Phi) is 7.48. The summed E-state index contributed by atoms with van der Waals surface area (Å²) in [5.74, 6) is 1.21. The van der Waals surface area contributed by atoms with Gasteiger partial charge in [0.1, 0.15) is 5.75 Å². The van der Waals surface area contributed by atoms with Crippen LogP contribution in [0.2, 0.25) is 0 Å². The van der Waals surface area contributed by atoms with Gasteiger partial charge in [0.05, 0.1) is 17.2 Å². The number of thiazole rings is 1. The number of H-pyrrole nitrogens is 1. The van der Waals surface area contributed by atoms with Crippen molar-refractivity contribution >= 4 is 40.4 Å². The second-order valence-electron chi connectivity index (χ2n) is 6.77. The maximum Gasteiger partial charge on any atom is 0.226 e. The summed E-state index contributed by atoms with van der Waals surface area (Å²) in [6.45, 7) is 8.05. The molecule has 0 aliphatic carbocycles. The lowest BCUT2D eigenvalue weighted by Crippen LogP contribution is -2.12. The van der Waals surface area contributed by atoms with Gasteiger partial charge in [0.15, 0.2) is 21.5 Å². The van der Waals surface area contributed by atoms with Crippen molar-refractivity contribution in [3.05, 3.63) is 52.9 Å². The third-order valence-corrected chi connectivity index (χ3v) is 5.77. The molecule has 3 rings (SSSR count). The van der Waals surface area contributed by atoms with Gasteiger partial charge in [0, 0.05) is 18.5 Å². The van der Waals surface area contributed by atoms with E-state index in [2.05, 4.69) is 27.1 Å². The summed E-state index contributed by atoms with van der Waals surface area (Å²) < 4.78 is 7.96. The monoisotopic (exact) mass is 457 g/mol. The number of carbonyl (C=O) groups is 2. The van der Waals surface area contributed by atoms with Crippen molar-refractivity contribution < 1.29 is 14.3 Å². The zero-order chi connectivity index (χ0) is 22.4. The molecule has 0 fully saturated rings. The van der Waals surface area contributed by atoms with Crippen LogP contribution in [0.25, 0.3) is 10.7 Å². The number of benzene rings is 1. The van der Waals surface area contributed by atoms with Gasteiger partial charge >= 0.3 is 0 Å². The maximum atomic E-state index is 12.3. The van der Waals surface area contributed by atoms with Gasteiger partial charge in [-0.1, -0.05) is 17.4 Å². The molecule has 2 heterocycles. The number of ether oxygens (including phenoxy) is 1. The van der Waals surface area contributed by atoms with E-state index in [0.717, 1.165) is 10.6 Å². The Morgan fingerprint density at radius 3 is 2.77 bits per heavy atom. The minimum Gasteiger partial charge on any atom is -0.494 e. The predicted molar refractivity (Wildman–Crippen MR) is 123 cm³/mol. The van der Waals surface area contributed by atoms with Gasteiger partial charge in [0.25, 0.3) is 0 Å². The van der Waals surface area contributed by atoms with Crippen molar-refractivity contribution in [2.24, 2.45) is 0 Å². The van der Waals surface area contributed by atoms with Crippen molar-refractivity contribution in [3.63, 3.8) is 0 Å². The molecule has 0 saturated carbocycles. The minimum atomic E-state index is -0.138. The molecule has 0 radical (unpaired) electrons. The van der Waals surface area contributed by atoms with E-state index in [-0.39, 0.29) is 11.7 Å². The number of aryl methyl sites for hydroxylation is 1. The summed E-state index contributed by atoms with van der Waals surface area (Å²) in [6.07, 6.45) is 2.60. The Morgan fingerprint density at radius 2 is 2.10 bits per heavy atom. The number of rotatable bonds is 10. The first kappa shape index (κ1) is 22.6. The molecule has 8 nitrogen and oxygen atoms in total. The number of hydrogen-bond donors (Lipinski definition) is 2. The average Bonchev–Trinajstić information content (AvgIpc) is 3.28. The Hall–Kier alpha value is -3.11. The van der Waals surface area contributed by atoms with Crippen LogP contribution < -0.4 is 10.1 Å². The summed E-state index contributed by atoms with van der Waals surface area (Å²) in [4.78, 5) is 28.8. The smallest absolute Gasteiger partial charge is 0.226 e. The van der Waals surface area contributed by atoms with Gasteiger partial charge < -0.3 is 10.1 Å². The van der Waals surface area contributed by atoms with E-state index in [1.54, 1.807) is 30.3 Å². The van der Waals surface area contributed by atoms with E-state index in [9.17, 15) is 9.59 Å². The quantitative estimate of drug-likeness (QED) is 0.200. The molecule has 1 aromatic carbocycles. The molecule has 10 heteroatoms. The standard InChI is InChI=1S/C21H23N5O3S2/c1-4-11-26-19(24-25-21(26)30)18-13(2)22-20(31-18)23-17(28)6-5-12-29-16-9-7-15(8-10-16)14(3)27/h4,7-10H,1,5-6,11-12H2,2-3H3,(H,25,30)(H,22,23,28). The van der Waals surface area contributed by atoms with Crippen LogP contribution in [0.15, 0.2) is 36.9 Å².